The van der Waals surface area contributed by atoms with Gasteiger partial charge in [0.05, 0.1) is 4.90 Å². The van der Waals surface area contributed by atoms with E-state index in [1.165, 1.54) is 4.31 Å². The number of halogens is 1. The molecule has 1 aromatic rings. The Morgan fingerprint density at radius 2 is 1.94 bits per heavy atom. The first-order valence-electron chi connectivity index (χ1n) is 5.69. The maximum absolute atomic E-state index is 12.5. The molecule has 0 radical (unpaired) electrons. The lowest BCUT2D eigenvalue weighted by Gasteiger charge is -2.22. The number of hydrogen-bond acceptors (Lipinski definition) is 3. The van der Waals surface area contributed by atoms with Gasteiger partial charge in [-0.25, -0.2) is 8.42 Å². The molecule has 102 valence electrons. The molecule has 0 aromatic heterocycles. The molecule has 0 saturated heterocycles. The van der Waals surface area contributed by atoms with Crippen LogP contribution < -0.4 is 5.73 Å². The van der Waals surface area contributed by atoms with E-state index in [0.29, 0.717) is 17.0 Å². The first-order valence-corrected chi connectivity index (χ1v) is 7.92. The van der Waals surface area contributed by atoms with E-state index in [4.69, 9.17) is 5.73 Å². The second-order valence-corrected chi connectivity index (χ2v) is 7.34. The molecule has 0 bridgehead atoms. The van der Waals surface area contributed by atoms with Crippen molar-refractivity contribution in [1.29, 1.82) is 0 Å². The number of benzene rings is 1. The third-order valence-electron chi connectivity index (χ3n) is 2.98. The highest BCUT2D eigenvalue weighted by atomic mass is 79.9. The van der Waals surface area contributed by atoms with Crippen LogP contribution in [0.1, 0.15) is 25.0 Å². The molecule has 2 N–H and O–H groups in total. The highest BCUT2D eigenvalue weighted by Crippen LogP contribution is 2.28. The Bertz CT molecular complexity index is 541. The quantitative estimate of drug-likeness (QED) is 0.918. The summed E-state index contributed by atoms with van der Waals surface area (Å²) in [6.07, 6.45) is 0. The van der Waals surface area contributed by atoms with Crippen LogP contribution in [0, 0.1) is 6.92 Å². The zero-order valence-electron chi connectivity index (χ0n) is 11.1. The summed E-state index contributed by atoms with van der Waals surface area (Å²) in [6.45, 7) is 5.78. The van der Waals surface area contributed by atoms with Crippen molar-refractivity contribution in [2.75, 3.05) is 7.05 Å². The molecule has 0 saturated carbocycles. The zero-order valence-corrected chi connectivity index (χ0v) is 13.5. The van der Waals surface area contributed by atoms with Gasteiger partial charge in [-0.1, -0.05) is 15.9 Å². The second-order valence-electron chi connectivity index (χ2n) is 4.52. The average molecular weight is 335 g/mol. The van der Waals surface area contributed by atoms with Crippen molar-refractivity contribution >= 4 is 26.0 Å². The first-order chi connectivity index (χ1) is 8.21. The van der Waals surface area contributed by atoms with Gasteiger partial charge in [-0.3, -0.25) is 0 Å². The third-order valence-corrected chi connectivity index (χ3v) is 5.96. The molecule has 0 fully saturated rings. The van der Waals surface area contributed by atoms with Crippen LogP contribution in [0.15, 0.2) is 21.5 Å². The van der Waals surface area contributed by atoms with Crippen molar-refractivity contribution in [3.63, 3.8) is 0 Å². The van der Waals surface area contributed by atoms with Crippen molar-refractivity contribution in [3.8, 4) is 0 Å². The summed E-state index contributed by atoms with van der Waals surface area (Å²) < 4.78 is 27.1. The topological polar surface area (TPSA) is 63.4 Å². The van der Waals surface area contributed by atoms with Crippen LogP contribution in [0.5, 0.6) is 0 Å². The van der Waals surface area contributed by atoms with E-state index in [1.54, 1.807) is 20.0 Å². The average Bonchev–Trinajstić information content (AvgIpc) is 2.30. The summed E-state index contributed by atoms with van der Waals surface area (Å²) in [5.41, 5.74) is 7.09. The van der Waals surface area contributed by atoms with Gasteiger partial charge in [0, 0.05) is 24.1 Å². The molecule has 0 atom stereocenters. The summed E-state index contributed by atoms with van der Waals surface area (Å²) in [7, 11) is -1.89. The van der Waals surface area contributed by atoms with Crippen molar-refractivity contribution in [1.82, 2.24) is 4.31 Å². The van der Waals surface area contributed by atoms with Crippen molar-refractivity contribution in [2.45, 2.75) is 38.3 Å². The molecule has 0 spiro atoms. The summed E-state index contributed by atoms with van der Waals surface area (Å²) in [5, 5.41) is 0. The third kappa shape index (κ3) is 2.93. The maximum atomic E-state index is 12.5. The molecular formula is C12H19BrN2O2S. The number of rotatable bonds is 4. The van der Waals surface area contributed by atoms with Crippen LogP contribution in [0.25, 0.3) is 0 Å². The fourth-order valence-corrected chi connectivity index (χ4v) is 3.83. The molecule has 18 heavy (non-hydrogen) atoms. The Hall–Kier alpha value is -0.430. The molecular weight excluding hydrogens is 316 g/mol. The van der Waals surface area contributed by atoms with E-state index in [-0.39, 0.29) is 6.04 Å². The van der Waals surface area contributed by atoms with Crippen molar-refractivity contribution in [2.24, 2.45) is 5.73 Å². The van der Waals surface area contributed by atoms with E-state index >= 15 is 0 Å². The molecule has 0 unspecified atom stereocenters. The number of nitrogens with zero attached hydrogens (tertiary/aromatic N) is 1. The summed E-state index contributed by atoms with van der Waals surface area (Å²) in [6, 6.07) is 3.41. The fourth-order valence-electron chi connectivity index (χ4n) is 1.53. The van der Waals surface area contributed by atoms with Crippen molar-refractivity contribution < 1.29 is 8.42 Å². The van der Waals surface area contributed by atoms with Crippen LogP contribution in [-0.2, 0) is 16.6 Å². The monoisotopic (exact) mass is 334 g/mol. The molecule has 1 aromatic carbocycles. The number of sulfonamides is 1. The minimum atomic E-state index is -3.48. The van der Waals surface area contributed by atoms with Gasteiger partial charge in [0.15, 0.2) is 0 Å². The lowest BCUT2D eigenvalue weighted by molar-refractivity contribution is 0.410. The molecule has 0 amide bonds. The van der Waals surface area contributed by atoms with Crippen LogP contribution in [0.3, 0.4) is 0 Å². The minimum Gasteiger partial charge on any atom is -0.326 e. The predicted octanol–water partition coefficient (Wildman–Crippen LogP) is 2.25. The number of nitrogens with two attached hydrogens (primary N) is 1. The van der Waals surface area contributed by atoms with Gasteiger partial charge < -0.3 is 5.73 Å². The lowest BCUT2D eigenvalue weighted by atomic mass is 10.1. The van der Waals surface area contributed by atoms with E-state index in [9.17, 15) is 8.42 Å². The minimum absolute atomic E-state index is 0.0882. The van der Waals surface area contributed by atoms with Gasteiger partial charge in [0.1, 0.15) is 0 Å². The van der Waals surface area contributed by atoms with E-state index in [1.807, 2.05) is 19.9 Å². The van der Waals surface area contributed by atoms with Gasteiger partial charge in [-0.2, -0.15) is 4.31 Å². The molecule has 4 nitrogen and oxygen atoms in total. The maximum Gasteiger partial charge on any atom is 0.243 e. The van der Waals surface area contributed by atoms with Crippen molar-refractivity contribution in [3.05, 3.63) is 27.7 Å². The molecule has 0 aliphatic rings. The highest BCUT2D eigenvalue weighted by molar-refractivity contribution is 9.10. The van der Waals surface area contributed by atoms with Gasteiger partial charge >= 0.3 is 0 Å². The predicted molar refractivity (Wildman–Crippen MR) is 76.9 cm³/mol. The Morgan fingerprint density at radius 1 is 1.39 bits per heavy atom. The Kier molecular flexibility index (Phi) is 4.94. The van der Waals surface area contributed by atoms with E-state index in [2.05, 4.69) is 15.9 Å². The molecule has 0 aliphatic heterocycles. The Balaban J connectivity index is 3.45. The normalized spacial score (nSPS) is 12.4. The fraction of sp³-hybridized carbons (Fsp3) is 0.500. The van der Waals surface area contributed by atoms with Crippen LogP contribution >= 0.6 is 15.9 Å². The van der Waals surface area contributed by atoms with Gasteiger partial charge in [0.2, 0.25) is 10.0 Å². The molecule has 0 aliphatic carbocycles. The van der Waals surface area contributed by atoms with Gasteiger partial charge in [-0.15, -0.1) is 0 Å². The van der Waals surface area contributed by atoms with Crippen LogP contribution in [-0.4, -0.2) is 25.8 Å². The Morgan fingerprint density at radius 3 is 2.39 bits per heavy atom. The summed E-state index contributed by atoms with van der Waals surface area (Å²) >= 11 is 3.38. The second kappa shape index (κ2) is 5.69. The standard InChI is InChI=1S/C12H19BrN2O2S/c1-8(2)15(4)18(16,17)12-6-10(7-14)5-11(13)9(12)3/h5-6,8H,7,14H2,1-4H3. The van der Waals surface area contributed by atoms with Gasteiger partial charge in [0.25, 0.3) is 0 Å². The first kappa shape index (κ1) is 15.6. The van der Waals surface area contributed by atoms with Crippen LogP contribution in [0.2, 0.25) is 0 Å². The largest absolute Gasteiger partial charge is 0.326 e. The number of hydrogen-bond donors (Lipinski definition) is 1. The lowest BCUT2D eigenvalue weighted by Crippen LogP contribution is -2.33. The van der Waals surface area contributed by atoms with Crippen LogP contribution in [0.4, 0.5) is 0 Å². The smallest absolute Gasteiger partial charge is 0.243 e. The molecule has 1 rings (SSSR count). The van der Waals surface area contributed by atoms with E-state index < -0.39 is 10.0 Å². The summed E-state index contributed by atoms with van der Waals surface area (Å²) in [4.78, 5) is 0.313. The summed E-state index contributed by atoms with van der Waals surface area (Å²) in [5.74, 6) is 0. The zero-order chi connectivity index (χ0) is 14.1. The SMILES string of the molecule is Cc1c(Br)cc(CN)cc1S(=O)(=O)N(C)C(C)C. The Labute approximate surface area is 117 Å². The highest BCUT2D eigenvalue weighted by Gasteiger charge is 2.26. The van der Waals surface area contributed by atoms with E-state index in [0.717, 1.165) is 10.0 Å². The molecule has 0 heterocycles. The van der Waals surface area contributed by atoms with Gasteiger partial charge in [-0.05, 0) is 44.0 Å². The molecule has 6 heteroatoms.